The Balaban J connectivity index is 1.75. The number of rotatable bonds is 7. The Hall–Kier alpha value is -3.07. The SMILES string of the molecule is CCOC(=O)[C@H]1CCCN(C(=O)c2cccc(S(=O)(=O)Nc3ccc(OC)cc3)c2)C1. The van der Waals surface area contributed by atoms with Crippen LogP contribution >= 0.6 is 0 Å². The number of hydrogen-bond donors (Lipinski definition) is 1. The number of nitrogens with zero attached hydrogens (tertiary/aromatic N) is 1. The zero-order valence-corrected chi connectivity index (χ0v) is 18.4. The van der Waals surface area contributed by atoms with E-state index in [9.17, 15) is 18.0 Å². The highest BCUT2D eigenvalue weighted by atomic mass is 32.2. The van der Waals surface area contributed by atoms with Crippen LogP contribution < -0.4 is 9.46 Å². The number of carbonyl (C=O) groups is 2. The Morgan fingerprint density at radius 2 is 1.90 bits per heavy atom. The third kappa shape index (κ3) is 5.55. The van der Waals surface area contributed by atoms with E-state index >= 15 is 0 Å². The fraction of sp³-hybridized carbons (Fsp3) is 0.364. The number of anilines is 1. The van der Waals surface area contributed by atoms with Crippen LogP contribution in [-0.2, 0) is 19.6 Å². The summed E-state index contributed by atoms with van der Waals surface area (Å²) in [7, 11) is -2.36. The number of benzene rings is 2. The second-order valence-electron chi connectivity index (χ2n) is 7.20. The van der Waals surface area contributed by atoms with Crippen LogP contribution in [0.25, 0.3) is 0 Å². The number of ether oxygens (including phenoxy) is 2. The Bertz CT molecular complexity index is 1040. The van der Waals surface area contributed by atoms with Gasteiger partial charge in [-0.25, -0.2) is 8.42 Å². The minimum absolute atomic E-state index is 0.0203. The molecule has 9 heteroatoms. The predicted molar refractivity (Wildman–Crippen MR) is 116 cm³/mol. The van der Waals surface area contributed by atoms with Crippen LogP contribution in [0.4, 0.5) is 5.69 Å². The summed E-state index contributed by atoms with van der Waals surface area (Å²) >= 11 is 0. The number of methoxy groups -OCH3 is 1. The van der Waals surface area contributed by atoms with Crippen LogP contribution in [0.2, 0.25) is 0 Å². The van der Waals surface area contributed by atoms with Gasteiger partial charge in [-0.15, -0.1) is 0 Å². The summed E-state index contributed by atoms with van der Waals surface area (Å²) in [6.45, 7) is 2.81. The molecule has 0 spiro atoms. The number of nitrogens with one attached hydrogen (secondary N) is 1. The van der Waals surface area contributed by atoms with Crippen molar-refractivity contribution >= 4 is 27.6 Å². The van der Waals surface area contributed by atoms with Crippen LogP contribution in [-0.4, -0.2) is 52.0 Å². The summed E-state index contributed by atoms with van der Waals surface area (Å²) in [5, 5.41) is 0. The van der Waals surface area contributed by atoms with Crippen molar-refractivity contribution in [2.75, 3.05) is 31.5 Å². The molecule has 1 N–H and O–H groups in total. The van der Waals surface area contributed by atoms with Gasteiger partial charge in [0.2, 0.25) is 0 Å². The van der Waals surface area contributed by atoms with Gasteiger partial charge in [-0.05, 0) is 62.2 Å². The predicted octanol–water partition coefficient (Wildman–Crippen LogP) is 2.91. The van der Waals surface area contributed by atoms with Crippen LogP contribution in [0, 0.1) is 5.92 Å². The summed E-state index contributed by atoms with van der Waals surface area (Å²) in [5.41, 5.74) is 0.632. The fourth-order valence-corrected chi connectivity index (χ4v) is 4.57. The number of sulfonamides is 1. The monoisotopic (exact) mass is 446 g/mol. The zero-order valence-electron chi connectivity index (χ0n) is 17.5. The molecular weight excluding hydrogens is 420 g/mol. The lowest BCUT2D eigenvalue weighted by molar-refractivity contribution is -0.149. The molecule has 0 aromatic heterocycles. The minimum atomic E-state index is -3.89. The normalized spacial score (nSPS) is 16.5. The molecule has 1 saturated heterocycles. The van der Waals surface area contributed by atoms with E-state index in [-0.39, 0.29) is 34.8 Å². The van der Waals surface area contributed by atoms with E-state index in [1.165, 1.54) is 25.3 Å². The Morgan fingerprint density at radius 1 is 1.16 bits per heavy atom. The lowest BCUT2D eigenvalue weighted by Gasteiger charge is -2.31. The first-order chi connectivity index (χ1) is 14.8. The average Bonchev–Trinajstić information content (AvgIpc) is 2.79. The summed E-state index contributed by atoms with van der Waals surface area (Å²) in [4.78, 5) is 26.6. The smallest absolute Gasteiger partial charge is 0.310 e. The highest BCUT2D eigenvalue weighted by Gasteiger charge is 2.30. The van der Waals surface area contributed by atoms with Gasteiger partial charge >= 0.3 is 5.97 Å². The van der Waals surface area contributed by atoms with E-state index in [0.717, 1.165) is 0 Å². The number of piperidine rings is 1. The van der Waals surface area contributed by atoms with Gasteiger partial charge in [-0.3, -0.25) is 14.3 Å². The number of esters is 1. The molecule has 1 atom stereocenters. The van der Waals surface area contributed by atoms with Crippen molar-refractivity contribution in [3.05, 3.63) is 54.1 Å². The van der Waals surface area contributed by atoms with Crippen LogP contribution in [0.15, 0.2) is 53.4 Å². The summed E-state index contributed by atoms with van der Waals surface area (Å²) in [6, 6.07) is 12.4. The molecule has 1 amide bonds. The molecule has 1 aliphatic heterocycles. The quantitative estimate of drug-likeness (QED) is 0.656. The first-order valence-electron chi connectivity index (χ1n) is 10.1. The van der Waals surface area contributed by atoms with Crippen molar-refractivity contribution in [3.63, 3.8) is 0 Å². The van der Waals surface area contributed by atoms with Crippen molar-refractivity contribution in [3.8, 4) is 5.75 Å². The van der Waals surface area contributed by atoms with Gasteiger partial charge in [-0.2, -0.15) is 0 Å². The van der Waals surface area contributed by atoms with Crippen molar-refractivity contribution in [1.29, 1.82) is 0 Å². The van der Waals surface area contributed by atoms with Gasteiger partial charge in [0.1, 0.15) is 5.75 Å². The number of amides is 1. The molecule has 1 fully saturated rings. The molecule has 1 heterocycles. The van der Waals surface area contributed by atoms with Gasteiger partial charge in [0.05, 0.1) is 24.5 Å². The first kappa shape index (κ1) is 22.6. The van der Waals surface area contributed by atoms with Crippen molar-refractivity contribution in [2.45, 2.75) is 24.7 Å². The van der Waals surface area contributed by atoms with Crippen molar-refractivity contribution in [2.24, 2.45) is 5.92 Å². The lowest BCUT2D eigenvalue weighted by atomic mass is 9.97. The highest BCUT2D eigenvalue weighted by molar-refractivity contribution is 7.92. The van der Waals surface area contributed by atoms with E-state index in [0.29, 0.717) is 37.4 Å². The Morgan fingerprint density at radius 3 is 2.58 bits per heavy atom. The molecular formula is C22H26N2O6S. The zero-order chi connectivity index (χ0) is 22.4. The summed E-state index contributed by atoms with van der Waals surface area (Å²) < 4.78 is 38.2. The Kier molecular flexibility index (Phi) is 7.17. The molecule has 166 valence electrons. The first-order valence-corrected chi connectivity index (χ1v) is 11.5. The van der Waals surface area contributed by atoms with E-state index in [1.54, 1.807) is 42.2 Å². The van der Waals surface area contributed by atoms with Gasteiger partial charge in [0.15, 0.2) is 0 Å². The molecule has 0 radical (unpaired) electrons. The molecule has 0 unspecified atom stereocenters. The molecule has 3 rings (SSSR count). The van der Waals surface area contributed by atoms with Crippen LogP contribution in [0.5, 0.6) is 5.75 Å². The molecule has 8 nitrogen and oxygen atoms in total. The molecule has 0 saturated carbocycles. The minimum Gasteiger partial charge on any atom is -0.497 e. The second-order valence-corrected chi connectivity index (χ2v) is 8.89. The lowest BCUT2D eigenvalue weighted by Crippen LogP contribution is -2.42. The fourth-order valence-electron chi connectivity index (χ4n) is 3.47. The maximum absolute atomic E-state index is 13.0. The second kappa shape index (κ2) is 9.82. The topological polar surface area (TPSA) is 102 Å². The van der Waals surface area contributed by atoms with Gasteiger partial charge in [0.25, 0.3) is 15.9 Å². The van der Waals surface area contributed by atoms with Crippen LogP contribution in [0.1, 0.15) is 30.1 Å². The van der Waals surface area contributed by atoms with E-state index in [1.807, 2.05) is 0 Å². The van der Waals surface area contributed by atoms with E-state index in [4.69, 9.17) is 9.47 Å². The van der Waals surface area contributed by atoms with Crippen molar-refractivity contribution < 1.29 is 27.5 Å². The van der Waals surface area contributed by atoms with E-state index < -0.39 is 10.0 Å². The maximum atomic E-state index is 13.0. The van der Waals surface area contributed by atoms with Crippen LogP contribution in [0.3, 0.4) is 0 Å². The molecule has 1 aliphatic rings. The summed E-state index contributed by atoms with van der Waals surface area (Å²) in [6.07, 6.45) is 1.36. The Labute approximate surface area is 182 Å². The van der Waals surface area contributed by atoms with Crippen molar-refractivity contribution in [1.82, 2.24) is 4.90 Å². The maximum Gasteiger partial charge on any atom is 0.310 e. The molecule has 31 heavy (non-hydrogen) atoms. The number of carbonyl (C=O) groups excluding carboxylic acids is 2. The molecule has 0 bridgehead atoms. The van der Waals surface area contributed by atoms with Gasteiger partial charge in [0, 0.05) is 24.3 Å². The largest absolute Gasteiger partial charge is 0.497 e. The number of likely N-dealkylation sites (tertiary alicyclic amines) is 1. The molecule has 0 aliphatic carbocycles. The number of hydrogen-bond acceptors (Lipinski definition) is 6. The molecule has 2 aromatic rings. The van der Waals surface area contributed by atoms with Gasteiger partial charge < -0.3 is 14.4 Å². The third-order valence-electron chi connectivity index (χ3n) is 5.06. The van der Waals surface area contributed by atoms with Gasteiger partial charge in [-0.1, -0.05) is 6.07 Å². The average molecular weight is 447 g/mol. The molecule has 2 aromatic carbocycles. The highest BCUT2D eigenvalue weighted by Crippen LogP contribution is 2.23. The summed E-state index contributed by atoms with van der Waals surface area (Å²) in [5.74, 6) is -0.366. The third-order valence-corrected chi connectivity index (χ3v) is 6.44. The van der Waals surface area contributed by atoms with E-state index in [2.05, 4.69) is 4.72 Å². The standard InChI is InChI=1S/C22H26N2O6S/c1-3-30-22(26)17-7-5-13-24(15-17)21(25)16-6-4-8-20(14-16)31(27,28)23-18-9-11-19(29-2)12-10-18/h4,6,8-12,14,17,23H,3,5,7,13,15H2,1-2H3/t17-/m0/s1.